The Morgan fingerprint density at radius 2 is 1.25 bits per heavy atom. The first kappa shape index (κ1) is 15.8. The minimum absolute atomic E-state index is 0. The molecule has 4 heavy (non-hydrogen) atoms. The number of hydrogen-bond donors (Lipinski definition) is 0. The van der Waals surface area contributed by atoms with E-state index in [4.69, 9.17) is 3.76 Å². The molecule has 2 N–H and O–H groups in total. The topological polar surface area (TPSA) is 31.5 Å². The van der Waals surface area contributed by atoms with Crippen molar-refractivity contribution in [3.63, 3.8) is 0 Å². The standard InChI is InChI=1S/ClH.K.Na.H2O.H/h1H;;;1H2;/q;+1;;;/p-1. The van der Waals surface area contributed by atoms with Gasteiger partial charge in [-0.25, -0.2) is 0 Å². The van der Waals surface area contributed by atoms with Gasteiger partial charge in [0.25, 0.3) is 0 Å². The van der Waals surface area contributed by atoms with Crippen LogP contribution in [-0.2, 0) is 0 Å². The second kappa shape index (κ2) is 16.9. The Hall–Kier alpha value is 2.89. The predicted molar refractivity (Wildman–Crippen MR) is 22.4 cm³/mol. The molecule has 0 aromatic carbocycles. The molecule has 0 amide bonds. The van der Waals surface area contributed by atoms with Gasteiger partial charge in [0.15, 0.2) is 0 Å². The first-order valence-corrected chi connectivity index (χ1v) is 4.68. The van der Waals surface area contributed by atoms with Crippen LogP contribution in [0.25, 0.3) is 0 Å². The molecule has 0 radical (unpaired) electrons. The number of rotatable bonds is 0. The van der Waals surface area contributed by atoms with Gasteiger partial charge < -0.3 is 5.48 Å². The zero-order chi connectivity index (χ0) is 2.00. The van der Waals surface area contributed by atoms with Crippen molar-refractivity contribution in [1.29, 1.82) is 0 Å². The molecule has 0 aliphatic heterocycles. The molecule has 0 saturated heterocycles. The molecule has 0 heterocycles. The zero-order valence-electron chi connectivity index (χ0n) is 1.88. The van der Waals surface area contributed by atoms with Crippen LogP contribution in [0.3, 0.4) is 0 Å². The fourth-order valence-electron chi connectivity index (χ4n) is 0. The summed E-state index contributed by atoms with van der Waals surface area (Å²) >= 11 is 0.535. The Bertz CT molecular complexity index is 8.00. The van der Waals surface area contributed by atoms with Crippen LogP contribution in [-0.4, -0.2) is 82.2 Å². The summed E-state index contributed by atoms with van der Waals surface area (Å²) < 4.78 is 4.83. The summed E-state index contributed by atoms with van der Waals surface area (Å²) in [5.74, 6) is 0. The molecular weight excluding hydrogens is 114 g/mol. The summed E-state index contributed by atoms with van der Waals surface area (Å²) in [6.45, 7) is 0. The van der Waals surface area contributed by atoms with E-state index in [-0.39, 0.29) is 35.0 Å². The molecule has 0 rings (SSSR count). The maximum absolute atomic E-state index is 4.83. The van der Waals surface area contributed by atoms with Crippen molar-refractivity contribution in [3.05, 3.63) is 0 Å². The van der Waals surface area contributed by atoms with E-state index in [9.17, 15) is 0 Å². The number of halogens is 1. The van der Waals surface area contributed by atoms with Gasteiger partial charge in [0, 0.05) is 0 Å². The second-order valence-electron chi connectivity index (χ2n) is 0. The molecular formula is H3ClKNaO. The van der Waals surface area contributed by atoms with Crippen molar-refractivity contribution in [3.8, 4) is 0 Å². The third kappa shape index (κ3) is 8.86. The van der Waals surface area contributed by atoms with Gasteiger partial charge in [-0.1, -0.05) is 0 Å². The van der Waals surface area contributed by atoms with Gasteiger partial charge in [-0.3, -0.25) is 0 Å². The summed E-state index contributed by atoms with van der Waals surface area (Å²) in [4.78, 5) is 0. The van der Waals surface area contributed by atoms with E-state index in [1.54, 1.807) is 0 Å². The Labute approximate surface area is 83.5 Å². The van der Waals surface area contributed by atoms with Crippen molar-refractivity contribution >= 4 is 80.5 Å². The first-order chi connectivity index (χ1) is 1.00. The van der Waals surface area contributed by atoms with E-state index in [1.165, 1.54) is 0 Å². The minimum atomic E-state index is 0. The van der Waals surface area contributed by atoms with Crippen LogP contribution in [0.1, 0.15) is 0 Å². The molecule has 0 atom stereocenters. The van der Waals surface area contributed by atoms with E-state index >= 15 is 0 Å². The van der Waals surface area contributed by atoms with E-state index in [2.05, 4.69) is 0 Å². The van der Waals surface area contributed by atoms with Crippen molar-refractivity contribution in [1.82, 2.24) is 0 Å². The van der Waals surface area contributed by atoms with Gasteiger partial charge in [0.2, 0.25) is 0 Å². The summed E-state index contributed by atoms with van der Waals surface area (Å²) in [7, 11) is 0. The molecule has 0 aromatic rings. The van der Waals surface area contributed by atoms with Crippen LogP contribution in [0.2, 0.25) is 0 Å². The fraction of sp³-hybridized carbons (Fsp3) is 0. The van der Waals surface area contributed by atoms with E-state index < -0.39 is 0 Å². The van der Waals surface area contributed by atoms with Crippen LogP contribution >= 0.6 is 3.76 Å². The monoisotopic (exact) mass is 116 g/mol. The summed E-state index contributed by atoms with van der Waals surface area (Å²) in [6.07, 6.45) is 0. The predicted octanol–water partition coefficient (Wildman–Crippen LogP) is -1.16. The molecule has 0 aliphatic rings. The van der Waals surface area contributed by atoms with Crippen LogP contribution in [0, 0.1) is 0 Å². The molecule has 0 bridgehead atoms. The third-order valence-corrected chi connectivity index (χ3v) is 0. The molecule has 0 spiro atoms. The molecule has 1 nitrogen and oxygen atoms in total. The second-order valence-corrected chi connectivity index (χ2v) is 0. The van der Waals surface area contributed by atoms with Gasteiger partial charge in [0.1, 0.15) is 0 Å². The Morgan fingerprint density at radius 3 is 1.25 bits per heavy atom. The molecule has 0 saturated carbocycles. The van der Waals surface area contributed by atoms with Gasteiger partial charge >= 0.3 is 80.5 Å². The van der Waals surface area contributed by atoms with E-state index in [0.29, 0.717) is 47.1 Å². The van der Waals surface area contributed by atoms with Crippen molar-refractivity contribution in [2.75, 3.05) is 0 Å². The van der Waals surface area contributed by atoms with Crippen LogP contribution in [0.5, 0.6) is 0 Å². The molecule has 0 aliphatic carbocycles. The Morgan fingerprint density at radius 1 is 1.25 bits per heavy atom. The van der Waals surface area contributed by atoms with Crippen molar-refractivity contribution < 1.29 is 5.48 Å². The molecule has 0 unspecified atom stereocenters. The van der Waals surface area contributed by atoms with Crippen LogP contribution in [0.15, 0.2) is 0 Å². The Balaban J connectivity index is -0.00000000500. The van der Waals surface area contributed by atoms with Gasteiger partial charge in [-0.05, 0) is 0 Å². The number of hydrogen-bond acceptors (Lipinski definition) is 0. The summed E-state index contributed by atoms with van der Waals surface area (Å²) in [6, 6.07) is 0. The van der Waals surface area contributed by atoms with E-state index in [0.717, 1.165) is 0 Å². The van der Waals surface area contributed by atoms with E-state index in [1.807, 2.05) is 0 Å². The summed E-state index contributed by atoms with van der Waals surface area (Å²) in [5.41, 5.74) is 0. The third-order valence-electron chi connectivity index (χ3n) is 0. The molecule has 18 valence electrons. The first-order valence-electron chi connectivity index (χ1n) is 0.378. The van der Waals surface area contributed by atoms with Crippen molar-refractivity contribution in [2.45, 2.75) is 0 Å². The molecule has 4 heteroatoms. The quantitative estimate of drug-likeness (QED) is 0.358. The van der Waals surface area contributed by atoms with Gasteiger partial charge in [0.05, 0.1) is 0 Å². The average Bonchev–Trinajstić information content (AvgIpc) is 1.00. The summed E-state index contributed by atoms with van der Waals surface area (Å²) in [5, 5.41) is 0. The molecule has 0 fully saturated rings. The Kier molecular flexibility index (Phi) is 66.6. The maximum atomic E-state index is 4.83. The molecule has 0 aromatic heterocycles. The zero-order valence-corrected chi connectivity index (χ0v) is 5.76. The van der Waals surface area contributed by atoms with Crippen LogP contribution in [0.4, 0.5) is 0 Å². The average molecular weight is 117 g/mol. The van der Waals surface area contributed by atoms with Crippen LogP contribution < -0.4 is 0 Å². The fourth-order valence-corrected chi connectivity index (χ4v) is 0. The van der Waals surface area contributed by atoms with Gasteiger partial charge in [-0.2, -0.15) is 0 Å². The van der Waals surface area contributed by atoms with Gasteiger partial charge in [-0.15, -0.1) is 0 Å². The SMILES string of the molecule is O.[Cl][K].[NaH]. The van der Waals surface area contributed by atoms with Crippen molar-refractivity contribution in [2.24, 2.45) is 0 Å². The normalized spacial score (nSPS) is 1.75.